The lowest BCUT2D eigenvalue weighted by Gasteiger charge is -2.04. The largest absolute Gasteiger partial charge is 0.463 e. The van der Waals surface area contributed by atoms with Crippen LogP contribution in [0.2, 0.25) is 0 Å². The first kappa shape index (κ1) is 11.8. The van der Waals surface area contributed by atoms with Crippen LogP contribution in [-0.4, -0.2) is 17.4 Å². The molecule has 1 amide bonds. The third kappa shape index (κ3) is 2.59. The molecule has 1 saturated carbocycles. The Labute approximate surface area is 109 Å². The quantitative estimate of drug-likeness (QED) is 0.877. The molecule has 2 aromatic rings. The van der Waals surface area contributed by atoms with Gasteiger partial charge in [0.1, 0.15) is 11.3 Å². The fraction of sp³-hybridized carbons (Fsp3) is 0.286. The smallest absolute Gasteiger partial charge is 0.261 e. The predicted octanol–water partition coefficient (Wildman–Crippen LogP) is 1.77. The van der Waals surface area contributed by atoms with Crippen LogP contribution in [0.5, 0.6) is 0 Å². The molecule has 2 heterocycles. The highest BCUT2D eigenvalue weighted by Gasteiger charge is 2.22. The Hall–Kier alpha value is -2.30. The number of pyridine rings is 1. The Morgan fingerprint density at radius 3 is 2.84 bits per heavy atom. The number of aromatic nitrogens is 1. The number of hydrogen-bond acceptors (Lipinski definition) is 3. The summed E-state index contributed by atoms with van der Waals surface area (Å²) < 4.78 is 5.19. The third-order valence-corrected chi connectivity index (χ3v) is 3.19. The Morgan fingerprint density at radius 1 is 1.37 bits per heavy atom. The zero-order valence-corrected chi connectivity index (χ0v) is 10.3. The summed E-state index contributed by atoms with van der Waals surface area (Å²) in [6.45, 7) is 0.651. The molecule has 3 rings (SSSR count). The van der Waals surface area contributed by atoms with Crippen LogP contribution in [0.25, 0.3) is 11.5 Å². The van der Waals surface area contributed by atoms with Gasteiger partial charge in [0.15, 0.2) is 0 Å². The number of rotatable bonds is 4. The monoisotopic (exact) mass is 258 g/mol. The molecule has 5 heteroatoms. The number of nitrogens with one attached hydrogen (secondary N) is 2. The lowest BCUT2D eigenvalue weighted by molar-refractivity contribution is 0.0950. The highest BCUT2D eigenvalue weighted by atomic mass is 16.3. The molecule has 0 atom stereocenters. The van der Waals surface area contributed by atoms with Crippen LogP contribution in [0.4, 0.5) is 0 Å². The zero-order chi connectivity index (χ0) is 13.2. The summed E-state index contributed by atoms with van der Waals surface area (Å²) in [5.41, 5.74) is 0.298. The summed E-state index contributed by atoms with van der Waals surface area (Å²) in [4.78, 5) is 26.4. The lowest BCUT2D eigenvalue weighted by Crippen LogP contribution is -2.30. The van der Waals surface area contributed by atoms with Crippen LogP contribution in [0.15, 0.2) is 39.7 Å². The van der Waals surface area contributed by atoms with E-state index in [-0.39, 0.29) is 11.5 Å². The molecule has 1 fully saturated rings. The van der Waals surface area contributed by atoms with E-state index in [1.807, 2.05) is 0 Å². The number of H-pyrrole nitrogens is 1. The van der Waals surface area contributed by atoms with Gasteiger partial charge >= 0.3 is 0 Å². The van der Waals surface area contributed by atoms with Gasteiger partial charge in [-0.05, 0) is 43.0 Å². The summed E-state index contributed by atoms with van der Waals surface area (Å²) in [5.74, 6) is 0.839. The van der Waals surface area contributed by atoms with Crippen molar-refractivity contribution in [2.45, 2.75) is 12.8 Å². The molecule has 19 heavy (non-hydrogen) atoms. The molecule has 0 spiro atoms. The van der Waals surface area contributed by atoms with Gasteiger partial charge < -0.3 is 14.7 Å². The van der Waals surface area contributed by atoms with Crippen molar-refractivity contribution in [1.29, 1.82) is 0 Å². The molecule has 0 saturated heterocycles. The lowest BCUT2D eigenvalue weighted by atomic mass is 10.2. The number of aromatic amines is 1. The van der Waals surface area contributed by atoms with Crippen molar-refractivity contribution in [3.63, 3.8) is 0 Å². The van der Waals surface area contributed by atoms with Crippen molar-refractivity contribution in [2.24, 2.45) is 5.92 Å². The molecule has 1 aliphatic carbocycles. The van der Waals surface area contributed by atoms with Gasteiger partial charge in [0.25, 0.3) is 11.5 Å². The maximum absolute atomic E-state index is 11.9. The molecular formula is C14H14N2O3. The van der Waals surface area contributed by atoms with E-state index in [1.165, 1.54) is 12.3 Å². The second-order valence-electron chi connectivity index (χ2n) is 4.75. The van der Waals surface area contributed by atoms with Crippen LogP contribution in [0.3, 0.4) is 0 Å². The minimum Gasteiger partial charge on any atom is -0.463 e. The van der Waals surface area contributed by atoms with E-state index in [1.54, 1.807) is 18.2 Å². The maximum Gasteiger partial charge on any atom is 0.261 e. The van der Waals surface area contributed by atoms with E-state index in [0.29, 0.717) is 23.9 Å². The predicted molar refractivity (Wildman–Crippen MR) is 69.8 cm³/mol. The molecule has 1 aliphatic rings. The molecule has 2 aromatic heterocycles. The average molecular weight is 258 g/mol. The molecular weight excluding hydrogens is 244 g/mol. The first-order valence-corrected chi connectivity index (χ1v) is 6.29. The Kier molecular flexibility index (Phi) is 2.95. The maximum atomic E-state index is 11.9. The SMILES string of the molecule is O=C(NCC1CC1)c1ccc(-c2ccco2)[nH]c1=O. The standard InChI is InChI=1S/C14H14N2O3/c17-13(15-8-9-3-4-9)10-5-6-11(16-14(10)18)12-2-1-7-19-12/h1-2,5-7,9H,3-4,8H2,(H,15,17)(H,16,18). The second kappa shape index (κ2) is 4.76. The van der Waals surface area contributed by atoms with Crippen LogP contribution in [0, 0.1) is 5.92 Å². The van der Waals surface area contributed by atoms with Crippen molar-refractivity contribution < 1.29 is 9.21 Å². The molecule has 2 N–H and O–H groups in total. The summed E-state index contributed by atoms with van der Waals surface area (Å²) in [7, 11) is 0. The van der Waals surface area contributed by atoms with Gasteiger partial charge in [0, 0.05) is 6.54 Å². The van der Waals surface area contributed by atoms with Gasteiger partial charge in [-0.15, -0.1) is 0 Å². The summed E-state index contributed by atoms with van der Waals surface area (Å²) >= 11 is 0. The molecule has 0 aromatic carbocycles. The van der Waals surface area contributed by atoms with Crippen molar-refractivity contribution in [2.75, 3.05) is 6.54 Å². The van der Waals surface area contributed by atoms with Crippen molar-refractivity contribution in [1.82, 2.24) is 10.3 Å². The minimum absolute atomic E-state index is 0.135. The fourth-order valence-corrected chi connectivity index (χ4v) is 1.88. The van der Waals surface area contributed by atoms with E-state index >= 15 is 0 Å². The second-order valence-corrected chi connectivity index (χ2v) is 4.75. The van der Waals surface area contributed by atoms with E-state index in [4.69, 9.17) is 4.42 Å². The third-order valence-electron chi connectivity index (χ3n) is 3.19. The number of furan rings is 1. The first-order valence-electron chi connectivity index (χ1n) is 6.29. The molecule has 0 unspecified atom stereocenters. The Balaban J connectivity index is 1.79. The highest BCUT2D eigenvalue weighted by molar-refractivity contribution is 5.94. The number of amides is 1. The van der Waals surface area contributed by atoms with E-state index < -0.39 is 5.56 Å². The van der Waals surface area contributed by atoms with Crippen LogP contribution in [0.1, 0.15) is 23.2 Å². The molecule has 0 bridgehead atoms. The molecule has 98 valence electrons. The zero-order valence-electron chi connectivity index (χ0n) is 10.3. The van der Waals surface area contributed by atoms with Crippen LogP contribution >= 0.6 is 0 Å². The summed E-state index contributed by atoms with van der Waals surface area (Å²) in [6, 6.07) is 6.69. The van der Waals surface area contributed by atoms with E-state index in [9.17, 15) is 9.59 Å². The highest BCUT2D eigenvalue weighted by Crippen LogP contribution is 2.27. The topological polar surface area (TPSA) is 75.1 Å². The van der Waals surface area contributed by atoms with Gasteiger partial charge in [-0.25, -0.2) is 0 Å². The fourth-order valence-electron chi connectivity index (χ4n) is 1.88. The van der Waals surface area contributed by atoms with Gasteiger partial charge in [0.05, 0.1) is 12.0 Å². The number of hydrogen-bond donors (Lipinski definition) is 2. The summed E-state index contributed by atoms with van der Waals surface area (Å²) in [5, 5.41) is 2.77. The number of carbonyl (C=O) groups excluding carboxylic acids is 1. The van der Waals surface area contributed by atoms with E-state index in [2.05, 4.69) is 10.3 Å². The van der Waals surface area contributed by atoms with Crippen molar-refractivity contribution in [3.05, 3.63) is 46.4 Å². The average Bonchev–Trinajstić information content (AvgIpc) is 3.07. The Morgan fingerprint density at radius 2 is 2.21 bits per heavy atom. The molecule has 0 aliphatic heterocycles. The van der Waals surface area contributed by atoms with Crippen molar-refractivity contribution in [3.8, 4) is 11.5 Å². The number of carbonyl (C=O) groups is 1. The summed E-state index contributed by atoms with van der Waals surface area (Å²) in [6.07, 6.45) is 3.85. The first-order chi connectivity index (χ1) is 9.24. The Bertz CT molecular complexity index is 639. The van der Waals surface area contributed by atoms with Crippen molar-refractivity contribution >= 4 is 5.91 Å². The van der Waals surface area contributed by atoms with Gasteiger partial charge in [0.2, 0.25) is 0 Å². The molecule has 0 radical (unpaired) electrons. The minimum atomic E-state index is -0.401. The molecule has 5 nitrogen and oxygen atoms in total. The van der Waals surface area contributed by atoms with E-state index in [0.717, 1.165) is 12.8 Å². The van der Waals surface area contributed by atoms with Crippen LogP contribution < -0.4 is 10.9 Å². The van der Waals surface area contributed by atoms with Gasteiger partial charge in [-0.2, -0.15) is 0 Å². The van der Waals surface area contributed by atoms with Crippen LogP contribution in [-0.2, 0) is 0 Å². The van der Waals surface area contributed by atoms with Gasteiger partial charge in [-0.1, -0.05) is 0 Å². The van der Waals surface area contributed by atoms with Gasteiger partial charge in [-0.3, -0.25) is 9.59 Å². The normalized spacial score (nSPS) is 14.3.